The van der Waals surface area contributed by atoms with E-state index in [0.717, 1.165) is 5.56 Å². The molecule has 2 aromatic rings. The molecule has 0 bridgehead atoms. The summed E-state index contributed by atoms with van der Waals surface area (Å²) in [6.07, 6.45) is 0. The predicted octanol–water partition coefficient (Wildman–Crippen LogP) is 3.99. The largest absolute Gasteiger partial charge is 0.497 e. The van der Waals surface area contributed by atoms with Crippen LogP contribution in [0.15, 0.2) is 42.5 Å². The number of ether oxygens (including phenoxy) is 2. The molecule has 3 rings (SSSR count). The monoisotopic (exact) mass is 444 g/mol. The van der Waals surface area contributed by atoms with Gasteiger partial charge in [-0.25, -0.2) is 0 Å². The zero-order valence-corrected chi connectivity index (χ0v) is 19.1. The lowest BCUT2D eigenvalue weighted by Crippen LogP contribution is -2.37. The van der Waals surface area contributed by atoms with E-state index in [2.05, 4.69) is 19.2 Å². The minimum atomic E-state index is -0.378. The van der Waals surface area contributed by atoms with Gasteiger partial charge in [0.15, 0.2) is 0 Å². The van der Waals surface area contributed by atoms with Crippen LogP contribution in [0.25, 0.3) is 0 Å². The first-order valence-corrected chi connectivity index (χ1v) is 10.8. The average Bonchev–Trinajstić information content (AvgIpc) is 3.22. The first kappa shape index (κ1) is 22.9. The fraction of sp³-hybridized carbons (Fsp3) is 0.417. The van der Waals surface area contributed by atoms with Crippen LogP contribution >= 0.6 is 11.6 Å². The number of nitrogens with zero attached hydrogens (tertiary/aromatic N) is 1. The smallest absolute Gasteiger partial charge is 0.253 e. The molecule has 2 atom stereocenters. The number of hydrogen-bond acceptors (Lipinski definition) is 4. The summed E-state index contributed by atoms with van der Waals surface area (Å²) in [7, 11) is 3.19. The second-order valence-corrected chi connectivity index (χ2v) is 8.61. The number of rotatable bonds is 7. The maximum Gasteiger partial charge on any atom is 0.253 e. The average molecular weight is 445 g/mol. The number of hydrogen-bond donors (Lipinski definition) is 1. The van der Waals surface area contributed by atoms with Crippen molar-refractivity contribution in [1.29, 1.82) is 0 Å². The van der Waals surface area contributed by atoms with Crippen LogP contribution in [-0.2, 0) is 4.79 Å². The van der Waals surface area contributed by atoms with Gasteiger partial charge in [0.2, 0.25) is 5.91 Å². The zero-order valence-electron chi connectivity index (χ0n) is 18.4. The van der Waals surface area contributed by atoms with E-state index >= 15 is 0 Å². The molecular formula is C24H29ClN2O4. The maximum absolute atomic E-state index is 13.1. The number of nitrogens with one attached hydrogen (secondary N) is 1. The van der Waals surface area contributed by atoms with E-state index in [9.17, 15) is 9.59 Å². The second-order valence-electron chi connectivity index (χ2n) is 8.18. The van der Waals surface area contributed by atoms with Crippen LogP contribution in [0.3, 0.4) is 0 Å². The number of amides is 2. The van der Waals surface area contributed by atoms with E-state index in [1.54, 1.807) is 43.4 Å². The van der Waals surface area contributed by atoms with Crippen molar-refractivity contribution in [3.05, 3.63) is 58.6 Å². The third kappa shape index (κ3) is 5.31. The summed E-state index contributed by atoms with van der Waals surface area (Å²) < 4.78 is 10.9. The van der Waals surface area contributed by atoms with E-state index in [1.807, 2.05) is 18.2 Å². The van der Waals surface area contributed by atoms with E-state index in [0.29, 0.717) is 47.6 Å². The summed E-state index contributed by atoms with van der Waals surface area (Å²) in [5.74, 6) is 0.921. The molecular weight excluding hydrogens is 416 g/mol. The molecule has 2 unspecified atom stereocenters. The summed E-state index contributed by atoms with van der Waals surface area (Å²) in [5, 5.41) is 3.60. The number of carbonyl (C=O) groups excluding carboxylic acids is 2. The molecule has 0 radical (unpaired) electrons. The van der Waals surface area contributed by atoms with E-state index in [-0.39, 0.29) is 23.7 Å². The topological polar surface area (TPSA) is 67.9 Å². The molecule has 2 aromatic carbocycles. The molecule has 1 aliphatic rings. The molecule has 1 heterocycles. The first-order valence-electron chi connectivity index (χ1n) is 10.4. The van der Waals surface area contributed by atoms with E-state index in [1.165, 1.54) is 0 Å². The Morgan fingerprint density at radius 3 is 2.42 bits per heavy atom. The Morgan fingerprint density at radius 2 is 1.81 bits per heavy atom. The van der Waals surface area contributed by atoms with Gasteiger partial charge in [0.05, 0.1) is 20.1 Å². The van der Waals surface area contributed by atoms with Crippen molar-refractivity contribution in [3.8, 4) is 11.5 Å². The standard InChI is InChI=1S/C24H29ClN2O4/c1-15(2)12-26-23(28)21-14-27(24(29)16-5-7-17(25)8-6-16)13-20(21)19-10-9-18(30-3)11-22(19)31-4/h5-11,15,20-21H,12-14H2,1-4H3,(H,26,28). The van der Waals surface area contributed by atoms with Crippen LogP contribution in [0.4, 0.5) is 0 Å². The molecule has 7 heteroatoms. The SMILES string of the molecule is COc1ccc(C2CN(C(=O)c3ccc(Cl)cc3)CC2C(=O)NCC(C)C)c(OC)c1. The highest BCUT2D eigenvalue weighted by atomic mass is 35.5. The number of benzene rings is 2. The number of methoxy groups -OCH3 is 2. The van der Waals surface area contributed by atoms with Crippen molar-refractivity contribution in [2.24, 2.45) is 11.8 Å². The predicted molar refractivity (Wildman–Crippen MR) is 121 cm³/mol. The lowest BCUT2D eigenvalue weighted by molar-refractivity contribution is -0.125. The molecule has 166 valence electrons. The lowest BCUT2D eigenvalue weighted by atomic mass is 9.87. The molecule has 1 N–H and O–H groups in total. The third-order valence-corrected chi connectivity index (χ3v) is 5.81. The lowest BCUT2D eigenvalue weighted by Gasteiger charge is -2.21. The molecule has 1 fully saturated rings. The number of carbonyl (C=O) groups is 2. The Balaban J connectivity index is 1.91. The molecule has 0 spiro atoms. The molecule has 6 nitrogen and oxygen atoms in total. The highest BCUT2D eigenvalue weighted by Crippen LogP contribution is 2.39. The summed E-state index contributed by atoms with van der Waals surface area (Å²) in [6.45, 7) is 5.45. The highest BCUT2D eigenvalue weighted by Gasteiger charge is 2.41. The van der Waals surface area contributed by atoms with Crippen LogP contribution < -0.4 is 14.8 Å². The molecule has 31 heavy (non-hydrogen) atoms. The molecule has 2 amide bonds. The molecule has 1 saturated heterocycles. The van der Waals surface area contributed by atoms with Crippen molar-refractivity contribution in [2.45, 2.75) is 19.8 Å². The minimum Gasteiger partial charge on any atom is -0.497 e. The molecule has 1 aliphatic heterocycles. The van der Waals surface area contributed by atoms with E-state index in [4.69, 9.17) is 21.1 Å². The highest BCUT2D eigenvalue weighted by molar-refractivity contribution is 6.30. The fourth-order valence-corrected chi connectivity index (χ4v) is 4.01. The van der Waals surface area contributed by atoms with Crippen LogP contribution in [0, 0.1) is 11.8 Å². The Bertz CT molecular complexity index is 930. The Hall–Kier alpha value is -2.73. The third-order valence-electron chi connectivity index (χ3n) is 5.56. The van der Waals surface area contributed by atoms with Gasteiger partial charge in [0, 0.05) is 47.8 Å². The van der Waals surface area contributed by atoms with Crippen LogP contribution in [0.5, 0.6) is 11.5 Å². The zero-order chi connectivity index (χ0) is 22.5. The van der Waals surface area contributed by atoms with Crippen molar-refractivity contribution in [3.63, 3.8) is 0 Å². The Morgan fingerprint density at radius 1 is 1.10 bits per heavy atom. The van der Waals surface area contributed by atoms with Crippen LogP contribution in [0.1, 0.15) is 35.7 Å². The summed E-state index contributed by atoms with van der Waals surface area (Å²) in [5.41, 5.74) is 1.44. The second kappa shape index (κ2) is 10.1. The molecule has 0 aromatic heterocycles. The van der Waals surface area contributed by atoms with Crippen molar-refractivity contribution < 1.29 is 19.1 Å². The summed E-state index contributed by atoms with van der Waals surface area (Å²) >= 11 is 5.96. The van der Waals surface area contributed by atoms with Gasteiger partial charge in [-0.15, -0.1) is 0 Å². The van der Waals surface area contributed by atoms with Gasteiger partial charge in [-0.1, -0.05) is 31.5 Å². The van der Waals surface area contributed by atoms with E-state index < -0.39 is 0 Å². The quantitative estimate of drug-likeness (QED) is 0.701. The minimum absolute atomic E-state index is 0.0528. The molecule has 0 saturated carbocycles. The van der Waals surface area contributed by atoms with Crippen molar-refractivity contribution in [2.75, 3.05) is 33.9 Å². The first-order chi connectivity index (χ1) is 14.8. The van der Waals surface area contributed by atoms with Crippen LogP contribution in [-0.4, -0.2) is 50.6 Å². The van der Waals surface area contributed by atoms with Gasteiger partial charge < -0.3 is 19.7 Å². The summed E-state index contributed by atoms with van der Waals surface area (Å²) in [6, 6.07) is 12.4. The number of likely N-dealkylation sites (tertiary alicyclic amines) is 1. The Labute approximate surface area is 188 Å². The van der Waals surface area contributed by atoms with Gasteiger partial charge >= 0.3 is 0 Å². The van der Waals surface area contributed by atoms with Crippen molar-refractivity contribution in [1.82, 2.24) is 10.2 Å². The van der Waals surface area contributed by atoms with Gasteiger partial charge in [-0.3, -0.25) is 9.59 Å². The van der Waals surface area contributed by atoms with Gasteiger partial charge in [0.1, 0.15) is 11.5 Å². The fourth-order valence-electron chi connectivity index (χ4n) is 3.89. The van der Waals surface area contributed by atoms with Gasteiger partial charge in [-0.05, 0) is 36.2 Å². The number of halogens is 1. The maximum atomic E-state index is 13.1. The normalized spacial score (nSPS) is 18.2. The Kier molecular flexibility index (Phi) is 7.44. The van der Waals surface area contributed by atoms with Crippen LogP contribution in [0.2, 0.25) is 5.02 Å². The van der Waals surface area contributed by atoms with Gasteiger partial charge in [0.25, 0.3) is 5.91 Å². The molecule has 0 aliphatic carbocycles. The van der Waals surface area contributed by atoms with Gasteiger partial charge in [-0.2, -0.15) is 0 Å². The van der Waals surface area contributed by atoms with Crippen molar-refractivity contribution >= 4 is 23.4 Å². The summed E-state index contributed by atoms with van der Waals surface area (Å²) in [4.78, 5) is 27.9.